The van der Waals surface area contributed by atoms with Gasteiger partial charge in [-0.1, -0.05) is 78.8 Å². The van der Waals surface area contributed by atoms with Crippen molar-refractivity contribution in [3.05, 3.63) is 36.5 Å². The fraction of sp³-hybridized carbons (Fsp3) is 0.625. The van der Waals surface area contributed by atoms with E-state index in [1.165, 1.54) is 55.8 Å². The average Bonchev–Trinajstić information content (AvgIpc) is 2.35. The van der Waals surface area contributed by atoms with Gasteiger partial charge in [-0.3, -0.25) is 0 Å². The fourth-order valence-electron chi connectivity index (χ4n) is 1.48. The van der Waals surface area contributed by atoms with Gasteiger partial charge in [0.25, 0.3) is 0 Å². The van der Waals surface area contributed by atoms with Crippen molar-refractivity contribution in [2.45, 2.75) is 58.3 Å². The lowest BCUT2D eigenvalue weighted by atomic mass is 10.2. The number of halogens is 1. The van der Waals surface area contributed by atoms with Crippen molar-refractivity contribution in [1.29, 1.82) is 0 Å². The summed E-state index contributed by atoms with van der Waals surface area (Å²) in [4.78, 5) is 0. The summed E-state index contributed by atoms with van der Waals surface area (Å²) in [5, 5.41) is 0. The number of unbranched alkanes of at least 4 members (excludes halogenated alkanes) is 5. The number of alkyl halides is 1. The van der Waals surface area contributed by atoms with Crippen molar-refractivity contribution in [3.8, 4) is 0 Å². The third kappa shape index (κ3) is 15.9. The van der Waals surface area contributed by atoms with Gasteiger partial charge in [0.1, 0.15) is 0 Å². The van der Waals surface area contributed by atoms with E-state index >= 15 is 0 Å². The molecule has 0 aromatic rings. The van der Waals surface area contributed by atoms with E-state index in [1.807, 2.05) is 0 Å². The molecule has 98 valence electrons. The van der Waals surface area contributed by atoms with Crippen LogP contribution in [-0.2, 0) is 0 Å². The summed E-state index contributed by atoms with van der Waals surface area (Å²) in [7, 11) is 0. The van der Waals surface area contributed by atoms with Gasteiger partial charge >= 0.3 is 0 Å². The molecule has 17 heavy (non-hydrogen) atoms. The molecule has 0 rings (SSSR count). The second-order valence-corrected chi connectivity index (χ2v) is 5.31. The molecular weight excluding hydrogens is 319 g/mol. The molecule has 0 aliphatic rings. The van der Waals surface area contributed by atoms with E-state index in [4.69, 9.17) is 0 Å². The normalized spacial score (nSPS) is 12.4. The Bertz CT molecular complexity index is 214. The van der Waals surface area contributed by atoms with Crippen LogP contribution in [0.2, 0.25) is 0 Å². The zero-order chi connectivity index (χ0) is 12.6. The van der Waals surface area contributed by atoms with Crippen molar-refractivity contribution in [2.24, 2.45) is 0 Å². The second-order valence-electron chi connectivity index (χ2n) is 4.23. The fourth-order valence-corrected chi connectivity index (χ4v) is 1.93. The maximum Gasteiger partial charge on any atom is -0.000178 e. The zero-order valence-electron chi connectivity index (χ0n) is 11.2. The lowest BCUT2D eigenvalue weighted by Gasteiger charge is -1.91. The first-order chi connectivity index (χ1) is 8.41. The Labute approximate surface area is 121 Å². The van der Waals surface area contributed by atoms with Crippen molar-refractivity contribution < 1.29 is 0 Å². The molecule has 0 aromatic carbocycles. The van der Waals surface area contributed by atoms with Crippen LogP contribution in [0.3, 0.4) is 0 Å². The highest BCUT2D eigenvalue weighted by Crippen LogP contribution is 2.01. The Morgan fingerprint density at radius 2 is 1.29 bits per heavy atom. The van der Waals surface area contributed by atoms with Gasteiger partial charge in [0.05, 0.1) is 0 Å². The Morgan fingerprint density at radius 3 is 2.00 bits per heavy atom. The van der Waals surface area contributed by atoms with Gasteiger partial charge in [-0.25, -0.2) is 0 Å². The van der Waals surface area contributed by atoms with E-state index in [9.17, 15) is 0 Å². The first-order valence-electron chi connectivity index (χ1n) is 6.94. The molecule has 0 unspecified atom stereocenters. The zero-order valence-corrected chi connectivity index (χ0v) is 13.4. The minimum Gasteiger partial charge on any atom is -0.0885 e. The first kappa shape index (κ1) is 16.9. The van der Waals surface area contributed by atoms with Crippen LogP contribution in [0.5, 0.6) is 0 Å². The van der Waals surface area contributed by atoms with Crippen molar-refractivity contribution >= 4 is 22.6 Å². The Hall–Kier alpha value is -0.0500. The standard InChI is InChI=1S/C16H27I/c1-2-3-4-5-6-7-8-9-10-11-12-13-14-15-16-17/h6-7,10-13H,2-5,8-9,14-16H2,1H3. The molecule has 0 atom stereocenters. The average molecular weight is 346 g/mol. The Balaban J connectivity index is 3.26. The van der Waals surface area contributed by atoms with Crippen LogP contribution >= 0.6 is 22.6 Å². The smallest absolute Gasteiger partial charge is 0.000178 e. The Kier molecular flexibility index (Phi) is 15.9. The third-order valence-electron chi connectivity index (χ3n) is 2.53. The van der Waals surface area contributed by atoms with Crippen molar-refractivity contribution in [1.82, 2.24) is 0 Å². The van der Waals surface area contributed by atoms with Gasteiger partial charge < -0.3 is 0 Å². The van der Waals surface area contributed by atoms with Crippen molar-refractivity contribution in [2.75, 3.05) is 4.43 Å². The maximum absolute atomic E-state index is 2.42. The van der Waals surface area contributed by atoms with E-state index in [0.717, 1.165) is 0 Å². The molecule has 0 saturated carbocycles. The molecule has 0 nitrogen and oxygen atoms in total. The topological polar surface area (TPSA) is 0 Å². The predicted molar refractivity (Wildman–Crippen MR) is 88.9 cm³/mol. The minimum atomic E-state index is 1.17. The molecule has 1 heteroatoms. The van der Waals surface area contributed by atoms with Gasteiger partial charge in [0, 0.05) is 0 Å². The summed E-state index contributed by atoms with van der Waals surface area (Å²) in [6.07, 6.45) is 23.7. The molecule has 0 aliphatic carbocycles. The molecule has 0 N–H and O–H groups in total. The van der Waals surface area contributed by atoms with Crippen molar-refractivity contribution in [3.63, 3.8) is 0 Å². The highest BCUT2D eigenvalue weighted by atomic mass is 127. The molecule has 0 amide bonds. The summed E-state index contributed by atoms with van der Waals surface area (Å²) in [5.74, 6) is 0. The summed E-state index contributed by atoms with van der Waals surface area (Å²) >= 11 is 2.42. The van der Waals surface area contributed by atoms with Gasteiger partial charge in [-0.2, -0.15) is 0 Å². The summed E-state index contributed by atoms with van der Waals surface area (Å²) in [5.41, 5.74) is 0. The lowest BCUT2D eigenvalue weighted by Crippen LogP contribution is -1.71. The molecule has 0 bridgehead atoms. The first-order valence-corrected chi connectivity index (χ1v) is 8.47. The number of hydrogen-bond donors (Lipinski definition) is 0. The highest BCUT2D eigenvalue weighted by Gasteiger charge is 1.81. The largest absolute Gasteiger partial charge is 0.0885 e. The quantitative estimate of drug-likeness (QED) is 0.137. The van der Waals surface area contributed by atoms with Gasteiger partial charge in [0.15, 0.2) is 0 Å². The molecule has 0 radical (unpaired) electrons. The molecule has 0 aromatic heterocycles. The molecule has 0 heterocycles. The van der Waals surface area contributed by atoms with Crippen LogP contribution in [0.1, 0.15) is 58.3 Å². The lowest BCUT2D eigenvalue weighted by molar-refractivity contribution is 0.728. The molecule has 0 aliphatic heterocycles. The molecule has 0 saturated heterocycles. The van der Waals surface area contributed by atoms with Gasteiger partial charge in [0.2, 0.25) is 0 Å². The van der Waals surface area contributed by atoms with E-state index in [0.29, 0.717) is 0 Å². The van der Waals surface area contributed by atoms with Crippen LogP contribution in [0.15, 0.2) is 36.5 Å². The second kappa shape index (κ2) is 16.0. The van der Waals surface area contributed by atoms with E-state index in [-0.39, 0.29) is 0 Å². The maximum atomic E-state index is 2.42. The molecule has 0 fully saturated rings. The van der Waals surface area contributed by atoms with Crippen LogP contribution in [0, 0.1) is 0 Å². The van der Waals surface area contributed by atoms with Crippen LogP contribution in [0.25, 0.3) is 0 Å². The predicted octanol–water partition coefficient (Wildman–Crippen LogP) is 6.23. The van der Waals surface area contributed by atoms with E-state index in [1.54, 1.807) is 0 Å². The van der Waals surface area contributed by atoms with Crippen LogP contribution in [-0.4, -0.2) is 4.43 Å². The van der Waals surface area contributed by atoms with E-state index < -0.39 is 0 Å². The van der Waals surface area contributed by atoms with Crippen LogP contribution < -0.4 is 0 Å². The third-order valence-corrected chi connectivity index (χ3v) is 3.29. The number of hydrogen-bond acceptors (Lipinski definition) is 0. The summed E-state index contributed by atoms with van der Waals surface area (Å²) in [6, 6.07) is 0. The Morgan fingerprint density at radius 1 is 0.706 bits per heavy atom. The highest BCUT2D eigenvalue weighted by molar-refractivity contribution is 14.1. The van der Waals surface area contributed by atoms with Crippen LogP contribution in [0.4, 0.5) is 0 Å². The van der Waals surface area contributed by atoms with Gasteiger partial charge in [-0.15, -0.1) is 0 Å². The van der Waals surface area contributed by atoms with E-state index in [2.05, 4.69) is 66.0 Å². The number of rotatable bonds is 11. The number of allylic oxidation sites excluding steroid dienone is 6. The summed E-state index contributed by atoms with van der Waals surface area (Å²) < 4.78 is 1.26. The SMILES string of the molecule is CCCCCC=CCCC=CC=CCCCI. The summed E-state index contributed by atoms with van der Waals surface area (Å²) in [6.45, 7) is 2.25. The molecular formula is C16H27I. The van der Waals surface area contributed by atoms with Gasteiger partial charge in [-0.05, 0) is 43.0 Å². The monoisotopic (exact) mass is 346 g/mol. The minimum absolute atomic E-state index is 1.17. The molecule has 0 spiro atoms.